The summed E-state index contributed by atoms with van der Waals surface area (Å²) in [6.07, 6.45) is 3.72. The predicted octanol–water partition coefficient (Wildman–Crippen LogP) is 0.133. The van der Waals surface area contributed by atoms with Crippen LogP contribution < -0.4 is 11.3 Å². The molecule has 2 unspecified atom stereocenters. The first-order valence-corrected chi connectivity index (χ1v) is 9.25. The average Bonchev–Trinajstić information content (AvgIpc) is 2.95. The minimum Gasteiger partial charge on any atom is -0.271 e. The summed E-state index contributed by atoms with van der Waals surface area (Å²) in [7, 11) is -2.84. The van der Waals surface area contributed by atoms with Crippen LogP contribution in [-0.2, 0) is 22.8 Å². The molecule has 1 aromatic heterocycles. The standard InChI is InChI=1S/C13H25N5O2S/c1-10(2)7-18-13(15-9-16-18)6-12(17-14)5-11-3-4-21(19,20)8-11/h9-12,17H,3-8,14H2,1-2H3. The van der Waals surface area contributed by atoms with Gasteiger partial charge in [-0.25, -0.2) is 18.1 Å². The first-order valence-electron chi connectivity index (χ1n) is 7.43. The Morgan fingerprint density at radius 3 is 2.86 bits per heavy atom. The summed E-state index contributed by atoms with van der Waals surface area (Å²) in [4.78, 5) is 4.30. The van der Waals surface area contributed by atoms with E-state index in [0.717, 1.165) is 25.2 Å². The van der Waals surface area contributed by atoms with Crippen LogP contribution in [0.2, 0.25) is 0 Å². The fourth-order valence-corrected chi connectivity index (χ4v) is 4.72. The van der Waals surface area contributed by atoms with Crippen LogP contribution in [0.25, 0.3) is 0 Å². The van der Waals surface area contributed by atoms with Gasteiger partial charge in [-0.15, -0.1) is 0 Å². The Kier molecular flexibility index (Phi) is 5.34. The van der Waals surface area contributed by atoms with Gasteiger partial charge in [0.15, 0.2) is 9.84 Å². The number of nitrogens with zero attached hydrogens (tertiary/aromatic N) is 3. The summed E-state index contributed by atoms with van der Waals surface area (Å²) in [5.74, 6) is 7.80. The van der Waals surface area contributed by atoms with Crippen molar-refractivity contribution in [1.29, 1.82) is 0 Å². The Labute approximate surface area is 126 Å². The molecule has 1 fully saturated rings. The number of nitrogens with one attached hydrogen (secondary N) is 1. The van der Waals surface area contributed by atoms with Crippen LogP contribution in [0.15, 0.2) is 6.33 Å². The van der Waals surface area contributed by atoms with E-state index in [9.17, 15) is 8.42 Å². The van der Waals surface area contributed by atoms with Gasteiger partial charge < -0.3 is 0 Å². The molecule has 0 bridgehead atoms. The van der Waals surface area contributed by atoms with Crippen molar-refractivity contribution in [2.24, 2.45) is 17.7 Å². The van der Waals surface area contributed by atoms with Gasteiger partial charge >= 0.3 is 0 Å². The minimum absolute atomic E-state index is 0.0263. The number of aromatic nitrogens is 3. The molecule has 1 aromatic rings. The van der Waals surface area contributed by atoms with Crippen molar-refractivity contribution >= 4 is 9.84 Å². The van der Waals surface area contributed by atoms with E-state index in [-0.39, 0.29) is 17.7 Å². The van der Waals surface area contributed by atoms with Crippen molar-refractivity contribution in [3.05, 3.63) is 12.2 Å². The molecule has 7 nitrogen and oxygen atoms in total. The Morgan fingerprint density at radius 1 is 1.52 bits per heavy atom. The molecule has 0 radical (unpaired) electrons. The molecule has 21 heavy (non-hydrogen) atoms. The van der Waals surface area contributed by atoms with E-state index >= 15 is 0 Å². The summed E-state index contributed by atoms with van der Waals surface area (Å²) >= 11 is 0. The Bertz CT molecular complexity index is 555. The van der Waals surface area contributed by atoms with Gasteiger partial charge in [0.25, 0.3) is 0 Å². The highest BCUT2D eigenvalue weighted by molar-refractivity contribution is 7.91. The first-order chi connectivity index (χ1) is 9.89. The Balaban J connectivity index is 1.95. The summed E-state index contributed by atoms with van der Waals surface area (Å²) in [5.41, 5.74) is 2.80. The molecular weight excluding hydrogens is 290 g/mol. The maximum Gasteiger partial charge on any atom is 0.150 e. The van der Waals surface area contributed by atoms with Crippen LogP contribution >= 0.6 is 0 Å². The maximum atomic E-state index is 11.5. The van der Waals surface area contributed by atoms with Crippen LogP contribution in [0.1, 0.15) is 32.5 Å². The molecule has 1 aliphatic rings. The number of rotatable bonds is 7. The predicted molar refractivity (Wildman–Crippen MR) is 81.1 cm³/mol. The summed E-state index contributed by atoms with van der Waals surface area (Å²) < 4.78 is 25.0. The van der Waals surface area contributed by atoms with Crippen molar-refractivity contribution in [1.82, 2.24) is 20.2 Å². The molecule has 1 aliphatic heterocycles. The van der Waals surface area contributed by atoms with Crippen LogP contribution in [0.4, 0.5) is 0 Å². The number of nitrogens with two attached hydrogens (primary N) is 1. The van der Waals surface area contributed by atoms with E-state index in [0.29, 0.717) is 18.1 Å². The zero-order valence-corrected chi connectivity index (χ0v) is 13.5. The monoisotopic (exact) mass is 315 g/mol. The second-order valence-electron chi connectivity index (χ2n) is 6.32. The van der Waals surface area contributed by atoms with Gasteiger partial charge in [0.2, 0.25) is 0 Å². The van der Waals surface area contributed by atoms with Gasteiger partial charge in [-0.1, -0.05) is 13.8 Å². The van der Waals surface area contributed by atoms with Gasteiger partial charge in [-0.3, -0.25) is 11.3 Å². The van der Waals surface area contributed by atoms with Crippen molar-refractivity contribution in [2.45, 2.75) is 45.7 Å². The molecule has 2 heterocycles. The highest BCUT2D eigenvalue weighted by Gasteiger charge is 2.30. The van der Waals surface area contributed by atoms with Crippen LogP contribution in [0, 0.1) is 11.8 Å². The zero-order valence-electron chi connectivity index (χ0n) is 12.7. The lowest BCUT2D eigenvalue weighted by atomic mass is 9.97. The molecule has 0 aliphatic carbocycles. The molecular formula is C13H25N5O2S. The van der Waals surface area contributed by atoms with E-state index in [2.05, 4.69) is 29.4 Å². The first kappa shape index (κ1) is 16.4. The summed E-state index contributed by atoms with van der Waals surface area (Å²) in [5, 5.41) is 4.24. The van der Waals surface area contributed by atoms with E-state index in [1.54, 1.807) is 6.33 Å². The summed E-state index contributed by atoms with van der Waals surface area (Å²) in [6.45, 7) is 5.09. The molecule has 0 amide bonds. The number of hydrogen-bond donors (Lipinski definition) is 2. The Morgan fingerprint density at radius 2 is 2.29 bits per heavy atom. The van der Waals surface area contributed by atoms with Gasteiger partial charge in [-0.2, -0.15) is 5.10 Å². The van der Waals surface area contributed by atoms with E-state index < -0.39 is 9.84 Å². The van der Waals surface area contributed by atoms with Crippen molar-refractivity contribution in [2.75, 3.05) is 11.5 Å². The van der Waals surface area contributed by atoms with Crippen LogP contribution in [-0.4, -0.2) is 40.7 Å². The number of hydrogen-bond acceptors (Lipinski definition) is 6. The third-order valence-corrected chi connectivity index (χ3v) is 5.68. The quantitative estimate of drug-likeness (QED) is 0.548. The fourth-order valence-electron chi connectivity index (χ4n) is 2.84. The number of hydrazine groups is 1. The van der Waals surface area contributed by atoms with E-state index in [1.165, 1.54) is 0 Å². The lowest BCUT2D eigenvalue weighted by molar-refractivity contribution is 0.388. The van der Waals surface area contributed by atoms with Crippen LogP contribution in [0.5, 0.6) is 0 Å². The molecule has 8 heteroatoms. The molecule has 0 saturated carbocycles. The second kappa shape index (κ2) is 6.85. The zero-order chi connectivity index (χ0) is 15.5. The SMILES string of the molecule is CC(C)Cn1ncnc1CC(CC1CCS(=O)(=O)C1)NN. The smallest absolute Gasteiger partial charge is 0.150 e. The Hall–Kier alpha value is -0.990. The third kappa shape index (κ3) is 4.76. The van der Waals surface area contributed by atoms with E-state index in [4.69, 9.17) is 5.84 Å². The fraction of sp³-hybridized carbons (Fsp3) is 0.846. The number of sulfone groups is 1. The topological polar surface area (TPSA) is 103 Å². The highest BCUT2D eigenvalue weighted by Crippen LogP contribution is 2.23. The maximum absolute atomic E-state index is 11.5. The van der Waals surface area contributed by atoms with Crippen molar-refractivity contribution < 1.29 is 8.42 Å². The third-order valence-electron chi connectivity index (χ3n) is 3.84. The van der Waals surface area contributed by atoms with Crippen molar-refractivity contribution in [3.8, 4) is 0 Å². The molecule has 2 atom stereocenters. The minimum atomic E-state index is -2.84. The molecule has 2 rings (SSSR count). The van der Waals surface area contributed by atoms with Crippen molar-refractivity contribution in [3.63, 3.8) is 0 Å². The van der Waals surface area contributed by atoms with Crippen LogP contribution in [0.3, 0.4) is 0 Å². The van der Waals surface area contributed by atoms with Gasteiger partial charge in [0, 0.05) is 19.0 Å². The molecule has 1 saturated heterocycles. The summed E-state index contributed by atoms with van der Waals surface area (Å²) in [6, 6.07) is 0.0263. The van der Waals surface area contributed by atoms with Gasteiger partial charge in [0.1, 0.15) is 12.2 Å². The second-order valence-corrected chi connectivity index (χ2v) is 8.55. The van der Waals surface area contributed by atoms with E-state index in [1.807, 2.05) is 4.68 Å². The lowest BCUT2D eigenvalue weighted by Crippen LogP contribution is -2.39. The molecule has 3 N–H and O–H groups in total. The molecule has 0 spiro atoms. The largest absolute Gasteiger partial charge is 0.271 e. The average molecular weight is 315 g/mol. The lowest BCUT2D eigenvalue weighted by Gasteiger charge is -2.19. The highest BCUT2D eigenvalue weighted by atomic mass is 32.2. The molecule has 120 valence electrons. The normalized spacial score (nSPS) is 22.8. The van der Waals surface area contributed by atoms with Gasteiger partial charge in [0.05, 0.1) is 11.5 Å². The van der Waals surface area contributed by atoms with Gasteiger partial charge in [-0.05, 0) is 24.7 Å². The molecule has 0 aromatic carbocycles.